The molecule has 0 atom stereocenters. The second kappa shape index (κ2) is 3.95. The van der Waals surface area contributed by atoms with Gasteiger partial charge in [-0.2, -0.15) is 0 Å². The van der Waals surface area contributed by atoms with Crippen LogP contribution in [0.25, 0.3) is 0 Å². The second-order valence-corrected chi connectivity index (χ2v) is 4.15. The maximum Gasteiger partial charge on any atom is 0.101 e. The number of hydrogen-bond acceptors (Lipinski definition) is 2. The molecule has 74 valence electrons. The fourth-order valence-corrected chi connectivity index (χ4v) is 1.60. The van der Waals surface area contributed by atoms with Gasteiger partial charge in [-0.15, -0.1) is 0 Å². The molecule has 1 heterocycles. The zero-order chi connectivity index (χ0) is 10.0. The van der Waals surface area contributed by atoms with E-state index in [9.17, 15) is 0 Å². The number of rotatable bonds is 1. The van der Waals surface area contributed by atoms with Crippen molar-refractivity contribution in [2.75, 3.05) is 13.6 Å². The minimum Gasteiger partial charge on any atom is -0.363 e. The highest BCUT2D eigenvalue weighted by Crippen LogP contribution is 2.21. The molecule has 1 rings (SSSR count). The van der Waals surface area contributed by atoms with Crippen molar-refractivity contribution in [2.45, 2.75) is 34.1 Å². The van der Waals surface area contributed by atoms with Crippen molar-refractivity contribution in [3.05, 3.63) is 11.3 Å². The maximum absolute atomic E-state index is 4.66. The van der Waals surface area contributed by atoms with Crippen molar-refractivity contribution in [1.29, 1.82) is 0 Å². The molecule has 0 radical (unpaired) electrons. The van der Waals surface area contributed by atoms with Gasteiger partial charge in [-0.05, 0) is 31.8 Å². The summed E-state index contributed by atoms with van der Waals surface area (Å²) in [5.74, 6) is 1.68. The first kappa shape index (κ1) is 10.3. The first-order chi connectivity index (χ1) is 6.02. The van der Waals surface area contributed by atoms with Gasteiger partial charge in [-0.1, -0.05) is 13.8 Å². The Bertz CT molecular complexity index is 249. The van der Waals surface area contributed by atoms with Gasteiger partial charge in [0.2, 0.25) is 0 Å². The summed E-state index contributed by atoms with van der Waals surface area (Å²) in [7, 11) is 2.11. The summed E-state index contributed by atoms with van der Waals surface area (Å²) < 4.78 is 0. The zero-order valence-corrected chi connectivity index (χ0v) is 9.39. The number of amidine groups is 1. The first-order valence-corrected chi connectivity index (χ1v) is 4.98. The standard InChI is InChI=1S/C11H20N2/c1-8(2)11-9(3)6-7-13(5)10(4)12-11/h8H,6-7H2,1-5H3. The Hall–Kier alpha value is -0.790. The van der Waals surface area contributed by atoms with E-state index >= 15 is 0 Å². The lowest BCUT2D eigenvalue weighted by Crippen LogP contribution is -2.24. The third kappa shape index (κ3) is 2.33. The maximum atomic E-state index is 4.66. The summed E-state index contributed by atoms with van der Waals surface area (Å²) in [6, 6.07) is 0. The van der Waals surface area contributed by atoms with E-state index in [2.05, 4.69) is 44.6 Å². The molecule has 0 spiro atoms. The normalized spacial score (nSPS) is 19.2. The Morgan fingerprint density at radius 2 is 1.92 bits per heavy atom. The number of aliphatic imine (C=N–C) groups is 1. The van der Waals surface area contributed by atoms with Crippen LogP contribution >= 0.6 is 0 Å². The summed E-state index contributed by atoms with van der Waals surface area (Å²) in [5.41, 5.74) is 2.72. The molecule has 13 heavy (non-hydrogen) atoms. The van der Waals surface area contributed by atoms with E-state index in [1.807, 2.05) is 0 Å². The molecule has 0 fully saturated rings. The SMILES string of the molecule is CC1=NC(C(C)C)=C(C)CCN1C. The van der Waals surface area contributed by atoms with Gasteiger partial charge < -0.3 is 4.90 Å². The van der Waals surface area contributed by atoms with Gasteiger partial charge in [0.05, 0.1) is 0 Å². The Labute approximate surface area is 81.3 Å². The van der Waals surface area contributed by atoms with E-state index in [0.29, 0.717) is 5.92 Å². The van der Waals surface area contributed by atoms with Gasteiger partial charge in [0.15, 0.2) is 0 Å². The van der Waals surface area contributed by atoms with Crippen molar-refractivity contribution in [2.24, 2.45) is 10.9 Å². The molecule has 0 aromatic heterocycles. The van der Waals surface area contributed by atoms with Gasteiger partial charge in [0.25, 0.3) is 0 Å². The van der Waals surface area contributed by atoms with Crippen LogP contribution in [0.5, 0.6) is 0 Å². The van der Waals surface area contributed by atoms with E-state index in [-0.39, 0.29) is 0 Å². The average molecular weight is 180 g/mol. The van der Waals surface area contributed by atoms with Crippen LogP contribution in [-0.2, 0) is 0 Å². The number of hydrogen-bond donors (Lipinski definition) is 0. The molecule has 0 aliphatic carbocycles. The molecular formula is C11H20N2. The third-order valence-electron chi connectivity index (χ3n) is 2.64. The van der Waals surface area contributed by atoms with E-state index in [0.717, 1.165) is 18.8 Å². The lowest BCUT2D eigenvalue weighted by Gasteiger charge is -2.15. The van der Waals surface area contributed by atoms with Crippen molar-refractivity contribution >= 4 is 5.84 Å². The molecule has 1 aliphatic rings. The molecule has 2 nitrogen and oxygen atoms in total. The van der Waals surface area contributed by atoms with Crippen LogP contribution in [0.15, 0.2) is 16.3 Å². The highest BCUT2D eigenvalue weighted by atomic mass is 15.2. The summed E-state index contributed by atoms with van der Waals surface area (Å²) in [5, 5.41) is 0. The fraction of sp³-hybridized carbons (Fsp3) is 0.727. The molecule has 0 saturated carbocycles. The van der Waals surface area contributed by atoms with E-state index in [4.69, 9.17) is 0 Å². The summed E-state index contributed by atoms with van der Waals surface area (Å²) in [6.45, 7) is 9.80. The summed E-state index contributed by atoms with van der Waals surface area (Å²) in [6.07, 6.45) is 1.14. The Morgan fingerprint density at radius 1 is 1.31 bits per heavy atom. The molecule has 0 aromatic rings. The Balaban J connectivity index is 2.98. The molecule has 0 N–H and O–H groups in total. The Kier molecular flexibility index (Phi) is 3.12. The van der Waals surface area contributed by atoms with Crippen LogP contribution in [0.1, 0.15) is 34.1 Å². The fourth-order valence-electron chi connectivity index (χ4n) is 1.60. The molecule has 0 aromatic carbocycles. The second-order valence-electron chi connectivity index (χ2n) is 4.15. The van der Waals surface area contributed by atoms with Crippen molar-refractivity contribution in [3.8, 4) is 0 Å². The predicted octanol–water partition coefficient (Wildman–Crippen LogP) is 2.67. The molecule has 1 aliphatic heterocycles. The van der Waals surface area contributed by atoms with Gasteiger partial charge >= 0.3 is 0 Å². The number of allylic oxidation sites excluding steroid dienone is 1. The smallest absolute Gasteiger partial charge is 0.101 e. The summed E-state index contributed by atoms with van der Waals surface area (Å²) >= 11 is 0. The van der Waals surface area contributed by atoms with E-state index < -0.39 is 0 Å². The lowest BCUT2D eigenvalue weighted by atomic mass is 10.0. The lowest BCUT2D eigenvalue weighted by molar-refractivity contribution is 0.509. The minimum absolute atomic E-state index is 0.543. The zero-order valence-electron chi connectivity index (χ0n) is 9.39. The van der Waals surface area contributed by atoms with E-state index in [1.54, 1.807) is 0 Å². The van der Waals surface area contributed by atoms with Crippen LogP contribution in [0.3, 0.4) is 0 Å². The quantitative estimate of drug-likeness (QED) is 0.605. The van der Waals surface area contributed by atoms with Crippen LogP contribution in [-0.4, -0.2) is 24.3 Å². The van der Waals surface area contributed by atoms with Gasteiger partial charge in [0, 0.05) is 19.3 Å². The van der Waals surface area contributed by atoms with Crippen LogP contribution < -0.4 is 0 Å². The van der Waals surface area contributed by atoms with Gasteiger partial charge in [0.1, 0.15) is 5.84 Å². The topological polar surface area (TPSA) is 15.6 Å². The molecule has 0 amide bonds. The van der Waals surface area contributed by atoms with Crippen molar-refractivity contribution in [1.82, 2.24) is 4.90 Å². The van der Waals surface area contributed by atoms with Crippen LogP contribution in [0.2, 0.25) is 0 Å². The summed E-state index contributed by atoms with van der Waals surface area (Å²) in [4.78, 5) is 6.88. The molecule has 0 saturated heterocycles. The van der Waals surface area contributed by atoms with Gasteiger partial charge in [-0.3, -0.25) is 0 Å². The highest BCUT2D eigenvalue weighted by molar-refractivity contribution is 5.80. The largest absolute Gasteiger partial charge is 0.363 e. The molecule has 2 heteroatoms. The van der Waals surface area contributed by atoms with Crippen LogP contribution in [0, 0.1) is 5.92 Å². The van der Waals surface area contributed by atoms with Crippen molar-refractivity contribution in [3.63, 3.8) is 0 Å². The highest BCUT2D eigenvalue weighted by Gasteiger charge is 2.13. The molecule has 0 bridgehead atoms. The first-order valence-electron chi connectivity index (χ1n) is 4.98. The van der Waals surface area contributed by atoms with Gasteiger partial charge in [-0.25, -0.2) is 4.99 Å². The van der Waals surface area contributed by atoms with E-state index in [1.165, 1.54) is 11.3 Å². The number of nitrogens with zero attached hydrogens (tertiary/aromatic N) is 2. The third-order valence-corrected chi connectivity index (χ3v) is 2.64. The predicted molar refractivity (Wildman–Crippen MR) is 57.9 cm³/mol. The van der Waals surface area contributed by atoms with Crippen LogP contribution in [0.4, 0.5) is 0 Å². The Morgan fingerprint density at radius 3 is 2.46 bits per heavy atom. The van der Waals surface area contributed by atoms with Crippen molar-refractivity contribution < 1.29 is 0 Å². The molecule has 0 unspecified atom stereocenters. The monoisotopic (exact) mass is 180 g/mol. The average Bonchev–Trinajstić information content (AvgIpc) is 2.18. The minimum atomic E-state index is 0.543. The molecular weight excluding hydrogens is 160 g/mol.